The number of ether oxygens (including phenoxy) is 3. The highest BCUT2D eigenvalue weighted by Crippen LogP contribution is 2.35. The quantitative estimate of drug-likeness (QED) is 0.460. The normalized spacial score (nSPS) is 13.8. The largest absolute Gasteiger partial charge is 0.573 e. The molecule has 0 aliphatic carbocycles. The number of nitrogens with one attached hydrogen (secondary N) is 1. The van der Waals surface area contributed by atoms with Gasteiger partial charge in [0, 0.05) is 24.5 Å². The number of halogens is 4. The molecule has 2 heterocycles. The lowest BCUT2D eigenvalue weighted by Gasteiger charge is -2.27. The van der Waals surface area contributed by atoms with Gasteiger partial charge in [-0.1, -0.05) is 23.7 Å². The number of carboxylic acids is 1. The molecule has 2 N–H and O–H groups in total. The lowest BCUT2D eigenvalue weighted by molar-refractivity contribution is -0.274. The number of carboxylic acid groups (broad SMARTS) is 1. The minimum atomic E-state index is -4.77. The van der Waals surface area contributed by atoms with Gasteiger partial charge in [0.25, 0.3) is 0 Å². The molecule has 0 bridgehead atoms. The Hall–Kier alpha value is -3.57. The van der Waals surface area contributed by atoms with Crippen molar-refractivity contribution in [3.8, 4) is 22.6 Å². The van der Waals surface area contributed by atoms with Crippen LogP contribution in [0, 0.1) is 0 Å². The van der Waals surface area contributed by atoms with Crippen LogP contribution < -0.4 is 14.8 Å². The molecule has 3 aromatic rings. The van der Waals surface area contributed by atoms with Gasteiger partial charge in [-0.25, -0.2) is 14.8 Å². The first-order chi connectivity index (χ1) is 16.2. The van der Waals surface area contributed by atoms with E-state index >= 15 is 0 Å². The van der Waals surface area contributed by atoms with Crippen molar-refractivity contribution in [2.24, 2.45) is 0 Å². The number of anilines is 1. The summed E-state index contributed by atoms with van der Waals surface area (Å²) in [5.41, 5.74) is 1.40. The molecule has 0 atom stereocenters. The standard InChI is InChI=1S/C22H17ClF3N3O5/c23-19-17(20(30)31)5-13(6-18(19)33-16-10-32-11-16)14-8-28-21(29-9-14)27-7-12-2-1-3-15(4-12)34-22(24,25)26/h1-6,8-9,16H,7,10-11H2,(H,30,31)(H,27,28,29). The summed E-state index contributed by atoms with van der Waals surface area (Å²) in [6.07, 6.45) is -2.03. The summed E-state index contributed by atoms with van der Waals surface area (Å²) in [4.78, 5) is 20.0. The van der Waals surface area contributed by atoms with Gasteiger partial charge in [0.1, 0.15) is 17.6 Å². The maximum absolute atomic E-state index is 12.4. The number of nitrogens with zero attached hydrogens (tertiary/aromatic N) is 2. The maximum Gasteiger partial charge on any atom is 0.573 e. The van der Waals surface area contributed by atoms with E-state index in [0.29, 0.717) is 29.9 Å². The van der Waals surface area contributed by atoms with Crippen LogP contribution in [0.5, 0.6) is 11.5 Å². The predicted octanol–water partition coefficient (Wildman–Crippen LogP) is 4.78. The molecule has 0 radical (unpaired) electrons. The van der Waals surface area contributed by atoms with Crippen LogP contribution in [0.1, 0.15) is 15.9 Å². The second-order valence-electron chi connectivity index (χ2n) is 7.26. The molecule has 1 fully saturated rings. The summed E-state index contributed by atoms with van der Waals surface area (Å²) in [5.74, 6) is -1.10. The van der Waals surface area contributed by atoms with E-state index in [1.807, 2.05) is 0 Å². The van der Waals surface area contributed by atoms with Gasteiger partial charge in [0.15, 0.2) is 0 Å². The third-order valence-corrected chi connectivity index (χ3v) is 5.13. The summed E-state index contributed by atoms with van der Waals surface area (Å²) in [6.45, 7) is 0.926. The Bertz CT molecular complexity index is 1190. The van der Waals surface area contributed by atoms with Crippen molar-refractivity contribution >= 4 is 23.5 Å². The third kappa shape index (κ3) is 5.86. The van der Waals surface area contributed by atoms with Gasteiger partial charge < -0.3 is 24.6 Å². The van der Waals surface area contributed by atoms with Crippen LogP contribution in [0.2, 0.25) is 5.02 Å². The number of hydrogen-bond acceptors (Lipinski definition) is 7. The van der Waals surface area contributed by atoms with Crippen LogP contribution in [0.15, 0.2) is 48.8 Å². The predicted molar refractivity (Wildman–Crippen MR) is 115 cm³/mol. The number of rotatable bonds is 8. The summed E-state index contributed by atoms with van der Waals surface area (Å²) in [6, 6.07) is 8.52. The molecule has 178 valence electrons. The third-order valence-electron chi connectivity index (χ3n) is 4.74. The Kier molecular flexibility index (Phi) is 6.75. The van der Waals surface area contributed by atoms with Gasteiger partial charge >= 0.3 is 12.3 Å². The minimum Gasteiger partial charge on any atom is -0.484 e. The lowest BCUT2D eigenvalue weighted by atomic mass is 10.0. The number of hydrogen-bond donors (Lipinski definition) is 2. The first-order valence-corrected chi connectivity index (χ1v) is 10.3. The lowest BCUT2D eigenvalue weighted by Crippen LogP contribution is -2.38. The Balaban J connectivity index is 1.48. The molecule has 1 aromatic heterocycles. The number of carbonyl (C=O) groups is 1. The molecule has 8 nitrogen and oxygen atoms in total. The first kappa shape index (κ1) is 23.6. The van der Waals surface area contributed by atoms with Crippen LogP contribution in [0.3, 0.4) is 0 Å². The highest BCUT2D eigenvalue weighted by atomic mass is 35.5. The Morgan fingerprint density at radius 1 is 1.18 bits per heavy atom. The van der Waals surface area contributed by atoms with Crippen molar-refractivity contribution in [1.29, 1.82) is 0 Å². The van der Waals surface area contributed by atoms with Crippen molar-refractivity contribution in [2.75, 3.05) is 18.5 Å². The van der Waals surface area contributed by atoms with Gasteiger partial charge in [-0.05, 0) is 35.4 Å². The molecule has 0 unspecified atom stereocenters. The molecule has 0 spiro atoms. The van der Waals surface area contributed by atoms with E-state index in [0.717, 1.165) is 0 Å². The van der Waals surface area contributed by atoms with Gasteiger partial charge in [0.2, 0.25) is 5.95 Å². The average Bonchev–Trinajstić information content (AvgIpc) is 2.75. The molecular weight excluding hydrogens is 479 g/mol. The molecule has 1 aliphatic heterocycles. The molecular formula is C22H17ClF3N3O5. The van der Waals surface area contributed by atoms with Crippen molar-refractivity contribution in [1.82, 2.24) is 9.97 Å². The molecule has 0 saturated carbocycles. The smallest absolute Gasteiger partial charge is 0.484 e. The van der Waals surface area contributed by atoms with Crippen LogP contribution in [-0.4, -0.2) is 46.7 Å². The van der Waals surface area contributed by atoms with Gasteiger partial charge in [-0.15, -0.1) is 13.2 Å². The van der Waals surface area contributed by atoms with Crippen LogP contribution >= 0.6 is 11.6 Å². The monoisotopic (exact) mass is 495 g/mol. The molecule has 12 heteroatoms. The van der Waals surface area contributed by atoms with E-state index in [-0.39, 0.29) is 40.7 Å². The van der Waals surface area contributed by atoms with E-state index in [1.165, 1.54) is 36.7 Å². The zero-order valence-electron chi connectivity index (χ0n) is 17.3. The summed E-state index contributed by atoms with van der Waals surface area (Å²) >= 11 is 6.20. The maximum atomic E-state index is 12.4. The van der Waals surface area contributed by atoms with E-state index < -0.39 is 12.3 Å². The summed E-state index contributed by atoms with van der Waals surface area (Å²) in [5, 5.41) is 12.4. The van der Waals surface area contributed by atoms with Crippen LogP contribution in [0.4, 0.5) is 19.1 Å². The number of aromatic nitrogens is 2. The fourth-order valence-electron chi connectivity index (χ4n) is 3.07. The highest BCUT2D eigenvalue weighted by Gasteiger charge is 2.31. The fourth-order valence-corrected chi connectivity index (χ4v) is 3.30. The zero-order valence-corrected chi connectivity index (χ0v) is 18.1. The zero-order chi connectivity index (χ0) is 24.3. The minimum absolute atomic E-state index is 0.0147. The second kappa shape index (κ2) is 9.74. The van der Waals surface area contributed by atoms with Gasteiger partial charge in [-0.3, -0.25) is 0 Å². The van der Waals surface area contributed by atoms with Crippen LogP contribution in [-0.2, 0) is 11.3 Å². The number of aromatic carboxylic acids is 1. The van der Waals surface area contributed by atoms with Crippen LogP contribution in [0.25, 0.3) is 11.1 Å². The Morgan fingerprint density at radius 2 is 1.91 bits per heavy atom. The van der Waals surface area contributed by atoms with Gasteiger partial charge in [-0.2, -0.15) is 0 Å². The van der Waals surface area contributed by atoms with Crippen molar-refractivity contribution in [2.45, 2.75) is 19.0 Å². The highest BCUT2D eigenvalue weighted by molar-refractivity contribution is 6.35. The molecule has 2 aromatic carbocycles. The van der Waals surface area contributed by atoms with Gasteiger partial charge in [0.05, 0.1) is 23.8 Å². The summed E-state index contributed by atoms with van der Waals surface area (Å²) < 4.78 is 51.9. The first-order valence-electron chi connectivity index (χ1n) is 9.90. The second-order valence-corrected chi connectivity index (χ2v) is 7.64. The molecule has 1 saturated heterocycles. The van der Waals surface area contributed by atoms with E-state index in [9.17, 15) is 23.1 Å². The number of alkyl halides is 3. The van der Waals surface area contributed by atoms with Crippen molar-refractivity contribution < 1.29 is 37.3 Å². The summed E-state index contributed by atoms with van der Waals surface area (Å²) in [7, 11) is 0. The molecule has 1 aliphatic rings. The van der Waals surface area contributed by atoms with Crippen molar-refractivity contribution in [3.63, 3.8) is 0 Å². The fraction of sp³-hybridized carbons (Fsp3) is 0.227. The van der Waals surface area contributed by atoms with Crippen molar-refractivity contribution in [3.05, 3.63) is 64.9 Å². The Labute approximate surface area is 196 Å². The molecule has 34 heavy (non-hydrogen) atoms. The topological polar surface area (TPSA) is 103 Å². The average molecular weight is 496 g/mol. The van der Waals surface area contributed by atoms with E-state index in [2.05, 4.69) is 20.0 Å². The number of benzene rings is 2. The SMILES string of the molecule is O=C(O)c1cc(-c2cnc(NCc3cccc(OC(F)(F)F)c3)nc2)cc(OC2COC2)c1Cl. The van der Waals surface area contributed by atoms with E-state index in [4.69, 9.17) is 21.1 Å². The molecule has 0 amide bonds. The van der Waals surface area contributed by atoms with E-state index in [1.54, 1.807) is 12.1 Å². The molecule has 4 rings (SSSR count). The Morgan fingerprint density at radius 3 is 2.53 bits per heavy atom.